The molecule has 1 aromatic carbocycles. The zero-order chi connectivity index (χ0) is 16.7. The predicted octanol–water partition coefficient (Wildman–Crippen LogP) is 2.52. The molecule has 1 aromatic heterocycles. The van der Waals surface area contributed by atoms with Gasteiger partial charge in [0.1, 0.15) is 5.82 Å². The lowest BCUT2D eigenvalue weighted by molar-refractivity contribution is -0.120. The van der Waals surface area contributed by atoms with Crippen molar-refractivity contribution in [3.8, 4) is 0 Å². The van der Waals surface area contributed by atoms with Crippen LogP contribution in [0.4, 0.5) is 10.1 Å². The topological polar surface area (TPSA) is 55.2 Å². The van der Waals surface area contributed by atoms with Crippen molar-refractivity contribution < 1.29 is 14.0 Å². The molecule has 1 saturated heterocycles. The average Bonchev–Trinajstić information content (AvgIpc) is 2.91. The van der Waals surface area contributed by atoms with Crippen molar-refractivity contribution in [2.75, 3.05) is 4.90 Å². The molecule has 1 aliphatic rings. The van der Waals surface area contributed by atoms with E-state index in [0.29, 0.717) is 11.3 Å². The number of halogens is 1. The normalized spacial score (nSPS) is 16.7. The van der Waals surface area contributed by atoms with Gasteiger partial charge in [0.25, 0.3) is 5.91 Å². The van der Waals surface area contributed by atoms with Crippen molar-refractivity contribution in [1.82, 2.24) is 9.78 Å². The summed E-state index contributed by atoms with van der Waals surface area (Å²) in [4.78, 5) is 25.8. The molecular formula is C17H16FN3O2. The Morgan fingerprint density at radius 2 is 1.83 bits per heavy atom. The molecule has 0 N–H and O–H groups in total. The highest BCUT2D eigenvalue weighted by atomic mass is 19.1. The van der Waals surface area contributed by atoms with Gasteiger partial charge in [-0.05, 0) is 44.2 Å². The van der Waals surface area contributed by atoms with E-state index in [2.05, 4.69) is 5.10 Å². The number of benzene rings is 1. The molecular weight excluding hydrogens is 297 g/mol. The first-order valence-electron chi connectivity index (χ1n) is 7.22. The number of aryl methyl sites for hydroxylation is 2. The van der Waals surface area contributed by atoms with Crippen LogP contribution in [-0.2, 0) is 16.6 Å². The highest BCUT2D eigenvalue weighted by Gasteiger charge is 2.35. The van der Waals surface area contributed by atoms with Gasteiger partial charge >= 0.3 is 0 Å². The lowest BCUT2D eigenvalue weighted by Crippen LogP contribution is -2.28. The third-order valence-electron chi connectivity index (χ3n) is 4.04. The second-order valence-electron chi connectivity index (χ2n) is 5.57. The summed E-state index contributed by atoms with van der Waals surface area (Å²) >= 11 is 0. The Hall–Kier alpha value is -2.76. The number of rotatable bonds is 2. The summed E-state index contributed by atoms with van der Waals surface area (Å²) < 4.78 is 14.8. The van der Waals surface area contributed by atoms with Crippen LogP contribution < -0.4 is 4.90 Å². The molecule has 0 bridgehead atoms. The zero-order valence-electron chi connectivity index (χ0n) is 13.1. The lowest BCUT2D eigenvalue weighted by atomic mass is 10.1. The van der Waals surface area contributed by atoms with Crippen molar-refractivity contribution in [1.29, 1.82) is 0 Å². The number of anilines is 1. The quantitative estimate of drug-likeness (QED) is 0.632. The smallest absolute Gasteiger partial charge is 0.261 e. The Balaban J connectivity index is 1.98. The van der Waals surface area contributed by atoms with E-state index in [1.54, 1.807) is 10.8 Å². The summed E-state index contributed by atoms with van der Waals surface area (Å²) in [7, 11) is 1.83. The van der Waals surface area contributed by atoms with Crippen LogP contribution in [0.5, 0.6) is 0 Å². The largest absolute Gasteiger partial charge is 0.274 e. The number of nitrogens with zero attached hydrogens (tertiary/aromatic N) is 3. The standard InChI is InChI=1S/C17H16FN3O2/c1-10-15(11(2)20(3)19-10)8-12-9-16(22)21(17(12)23)14-6-4-13(18)5-7-14/h4-8H,9H2,1-3H3/b12-8+. The van der Waals surface area contributed by atoms with E-state index >= 15 is 0 Å². The first-order valence-corrected chi connectivity index (χ1v) is 7.22. The Bertz CT molecular complexity index is 834. The molecule has 118 valence electrons. The van der Waals surface area contributed by atoms with Crippen LogP contribution in [-0.4, -0.2) is 21.6 Å². The summed E-state index contributed by atoms with van der Waals surface area (Å²) in [6.45, 7) is 3.77. The number of imide groups is 1. The van der Waals surface area contributed by atoms with E-state index in [4.69, 9.17) is 0 Å². The fraction of sp³-hybridized carbons (Fsp3) is 0.235. The van der Waals surface area contributed by atoms with Crippen molar-refractivity contribution in [2.45, 2.75) is 20.3 Å². The third kappa shape index (κ3) is 2.56. The molecule has 3 rings (SSSR count). The third-order valence-corrected chi connectivity index (χ3v) is 4.04. The molecule has 0 saturated carbocycles. The van der Waals surface area contributed by atoms with Gasteiger partial charge in [-0.25, -0.2) is 9.29 Å². The molecule has 1 fully saturated rings. The number of aromatic nitrogens is 2. The SMILES string of the molecule is Cc1nn(C)c(C)c1/C=C1\CC(=O)N(c2ccc(F)cc2)C1=O. The minimum absolute atomic E-state index is 0.0317. The molecule has 0 atom stereocenters. The molecule has 0 radical (unpaired) electrons. The Kier molecular flexibility index (Phi) is 3.60. The molecule has 1 aliphatic heterocycles. The van der Waals surface area contributed by atoms with Gasteiger partial charge in [-0.15, -0.1) is 0 Å². The second-order valence-corrected chi connectivity index (χ2v) is 5.57. The summed E-state index contributed by atoms with van der Waals surface area (Å²) in [5, 5.41) is 4.30. The first-order chi connectivity index (χ1) is 10.9. The number of carbonyl (C=O) groups is 2. The monoisotopic (exact) mass is 313 g/mol. The number of carbonyl (C=O) groups excluding carboxylic acids is 2. The van der Waals surface area contributed by atoms with Gasteiger partial charge in [0.05, 0.1) is 17.8 Å². The van der Waals surface area contributed by atoms with Crippen LogP contribution in [0.2, 0.25) is 0 Å². The highest BCUT2D eigenvalue weighted by Crippen LogP contribution is 2.28. The van der Waals surface area contributed by atoms with Crippen LogP contribution in [0.25, 0.3) is 6.08 Å². The fourth-order valence-electron chi connectivity index (χ4n) is 2.71. The van der Waals surface area contributed by atoms with Gasteiger partial charge in [0.2, 0.25) is 5.91 Å². The van der Waals surface area contributed by atoms with Crippen LogP contribution >= 0.6 is 0 Å². The van der Waals surface area contributed by atoms with Crippen LogP contribution in [0.1, 0.15) is 23.4 Å². The minimum atomic E-state index is -0.412. The van der Waals surface area contributed by atoms with Gasteiger partial charge in [-0.2, -0.15) is 5.10 Å². The van der Waals surface area contributed by atoms with E-state index in [1.807, 2.05) is 20.9 Å². The molecule has 23 heavy (non-hydrogen) atoms. The molecule has 0 unspecified atom stereocenters. The van der Waals surface area contributed by atoms with E-state index in [-0.39, 0.29) is 18.2 Å². The molecule has 2 aromatic rings. The lowest BCUT2D eigenvalue weighted by Gasteiger charge is -2.13. The predicted molar refractivity (Wildman–Crippen MR) is 84.2 cm³/mol. The van der Waals surface area contributed by atoms with Gasteiger partial charge in [-0.3, -0.25) is 14.3 Å². The fourth-order valence-corrected chi connectivity index (χ4v) is 2.71. The molecule has 2 amide bonds. The van der Waals surface area contributed by atoms with Crippen molar-refractivity contribution in [3.05, 3.63) is 52.6 Å². The van der Waals surface area contributed by atoms with Crippen LogP contribution in [0.3, 0.4) is 0 Å². The van der Waals surface area contributed by atoms with Gasteiger partial charge in [0, 0.05) is 23.9 Å². The molecule has 0 aliphatic carbocycles. The maximum atomic E-state index is 13.0. The molecule has 6 heteroatoms. The van der Waals surface area contributed by atoms with Crippen molar-refractivity contribution in [3.63, 3.8) is 0 Å². The van der Waals surface area contributed by atoms with Crippen molar-refractivity contribution >= 4 is 23.6 Å². The van der Waals surface area contributed by atoms with E-state index in [0.717, 1.165) is 21.9 Å². The van der Waals surface area contributed by atoms with E-state index in [1.165, 1.54) is 24.3 Å². The van der Waals surface area contributed by atoms with E-state index < -0.39 is 5.82 Å². The number of hydrogen-bond donors (Lipinski definition) is 0. The first kappa shape index (κ1) is 15.1. The second kappa shape index (κ2) is 5.46. The summed E-state index contributed by atoms with van der Waals surface area (Å²) in [5.74, 6) is -1.10. The van der Waals surface area contributed by atoms with Crippen molar-refractivity contribution in [2.24, 2.45) is 7.05 Å². The maximum Gasteiger partial charge on any atom is 0.261 e. The van der Waals surface area contributed by atoms with Crippen LogP contribution in [0, 0.1) is 19.7 Å². The van der Waals surface area contributed by atoms with Gasteiger partial charge in [-0.1, -0.05) is 0 Å². The van der Waals surface area contributed by atoms with Crippen LogP contribution in [0.15, 0.2) is 29.8 Å². The Labute approximate surface area is 133 Å². The molecule has 0 spiro atoms. The Morgan fingerprint density at radius 3 is 2.39 bits per heavy atom. The Morgan fingerprint density at radius 1 is 1.17 bits per heavy atom. The minimum Gasteiger partial charge on any atom is -0.274 e. The van der Waals surface area contributed by atoms with Gasteiger partial charge in [0.15, 0.2) is 0 Å². The summed E-state index contributed by atoms with van der Waals surface area (Å²) in [5.41, 5.74) is 3.38. The summed E-state index contributed by atoms with van der Waals surface area (Å²) in [6.07, 6.45) is 1.76. The average molecular weight is 313 g/mol. The maximum absolute atomic E-state index is 13.0. The summed E-state index contributed by atoms with van der Waals surface area (Å²) in [6, 6.07) is 5.31. The zero-order valence-corrected chi connectivity index (χ0v) is 13.1. The van der Waals surface area contributed by atoms with E-state index in [9.17, 15) is 14.0 Å². The number of amides is 2. The van der Waals surface area contributed by atoms with Gasteiger partial charge < -0.3 is 0 Å². The highest BCUT2D eigenvalue weighted by molar-refractivity contribution is 6.29. The molecule has 2 heterocycles. The molecule has 5 nitrogen and oxygen atoms in total. The number of hydrogen-bond acceptors (Lipinski definition) is 3.